The van der Waals surface area contributed by atoms with Crippen LogP contribution in [-0.4, -0.2) is 30.9 Å². The van der Waals surface area contributed by atoms with Crippen molar-refractivity contribution < 1.29 is 9.59 Å². The number of amides is 2. The SMILES string of the molecule is CC(CC(=O)NC(C(N)=O)C(C)(C)C)C1CCCNC1. The number of carbonyl (C=O) groups excluding carboxylic acids is 2. The molecule has 0 aliphatic carbocycles. The normalized spacial score (nSPS) is 22.9. The largest absolute Gasteiger partial charge is 0.368 e. The first-order valence-electron chi connectivity index (χ1n) is 7.51. The van der Waals surface area contributed by atoms with Crippen LogP contribution in [0.4, 0.5) is 0 Å². The summed E-state index contributed by atoms with van der Waals surface area (Å²) in [6, 6.07) is -0.619. The van der Waals surface area contributed by atoms with Gasteiger partial charge in [-0.1, -0.05) is 27.7 Å². The van der Waals surface area contributed by atoms with Crippen LogP contribution in [0, 0.1) is 17.3 Å². The van der Waals surface area contributed by atoms with Gasteiger partial charge >= 0.3 is 0 Å². The molecule has 116 valence electrons. The molecule has 5 heteroatoms. The highest BCUT2D eigenvalue weighted by molar-refractivity contribution is 5.87. The predicted molar refractivity (Wildman–Crippen MR) is 80.0 cm³/mol. The highest BCUT2D eigenvalue weighted by atomic mass is 16.2. The van der Waals surface area contributed by atoms with Crippen molar-refractivity contribution in [2.45, 2.75) is 53.0 Å². The van der Waals surface area contributed by atoms with E-state index in [9.17, 15) is 9.59 Å². The van der Waals surface area contributed by atoms with E-state index in [1.54, 1.807) is 0 Å². The number of primary amides is 1. The molecule has 3 atom stereocenters. The number of hydrogen-bond acceptors (Lipinski definition) is 3. The summed E-state index contributed by atoms with van der Waals surface area (Å²) in [4.78, 5) is 23.6. The van der Waals surface area contributed by atoms with Crippen LogP contribution in [0.2, 0.25) is 0 Å². The molecule has 0 bridgehead atoms. The smallest absolute Gasteiger partial charge is 0.240 e. The van der Waals surface area contributed by atoms with E-state index in [1.807, 2.05) is 20.8 Å². The fourth-order valence-corrected chi connectivity index (χ4v) is 2.76. The van der Waals surface area contributed by atoms with Crippen molar-refractivity contribution in [2.24, 2.45) is 23.0 Å². The molecule has 4 N–H and O–H groups in total. The molecule has 1 fully saturated rings. The lowest BCUT2D eigenvalue weighted by Crippen LogP contribution is -2.52. The van der Waals surface area contributed by atoms with Gasteiger partial charge < -0.3 is 16.4 Å². The van der Waals surface area contributed by atoms with Gasteiger partial charge in [0.25, 0.3) is 0 Å². The summed E-state index contributed by atoms with van der Waals surface area (Å²) in [5.74, 6) is 0.298. The van der Waals surface area contributed by atoms with Crippen molar-refractivity contribution in [3.05, 3.63) is 0 Å². The lowest BCUT2D eigenvalue weighted by molar-refractivity contribution is -0.130. The van der Waals surface area contributed by atoms with Crippen molar-refractivity contribution in [3.8, 4) is 0 Å². The maximum absolute atomic E-state index is 12.1. The Morgan fingerprint density at radius 3 is 2.50 bits per heavy atom. The van der Waals surface area contributed by atoms with Gasteiger partial charge in [0.1, 0.15) is 6.04 Å². The maximum Gasteiger partial charge on any atom is 0.240 e. The molecule has 0 saturated carbocycles. The minimum atomic E-state index is -0.619. The number of nitrogens with two attached hydrogens (primary N) is 1. The zero-order valence-electron chi connectivity index (χ0n) is 13.2. The highest BCUT2D eigenvalue weighted by Gasteiger charge is 2.32. The molecule has 0 aromatic carbocycles. The van der Waals surface area contributed by atoms with E-state index in [4.69, 9.17) is 5.73 Å². The minimum absolute atomic E-state index is 0.0817. The third-order valence-electron chi connectivity index (χ3n) is 4.10. The van der Waals surface area contributed by atoms with E-state index >= 15 is 0 Å². The van der Waals surface area contributed by atoms with Crippen LogP contribution in [-0.2, 0) is 9.59 Å². The number of rotatable bonds is 5. The van der Waals surface area contributed by atoms with E-state index < -0.39 is 11.9 Å². The Morgan fingerprint density at radius 2 is 2.05 bits per heavy atom. The molecule has 5 nitrogen and oxygen atoms in total. The van der Waals surface area contributed by atoms with E-state index in [-0.39, 0.29) is 11.3 Å². The zero-order chi connectivity index (χ0) is 15.3. The number of carbonyl (C=O) groups is 2. The Bertz CT molecular complexity index is 344. The van der Waals surface area contributed by atoms with Crippen LogP contribution in [0.5, 0.6) is 0 Å². The number of nitrogens with one attached hydrogen (secondary N) is 2. The molecule has 1 saturated heterocycles. The Hall–Kier alpha value is -1.10. The minimum Gasteiger partial charge on any atom is -0.368 e. The van der Waals surface area contributed by atoms with Gasteiger partial charge in [0.2, 0.25) is 11.8 Å². The Kier molecular flexibility index (Phi) is 5.99. The molecule has 3 unspecified atom stereocenters. The Morgan fingerprint density at radius 1 is 1.40 bits per heavy atom. The van der Waals surface area contributed by atoms with E-state index in [0.717, 1.165) is 13.1 Å². The second kappa shape index (κ2) is 7.07. The molecule has 1 rings (SSSR count). The summed E-state index contributed by atoms with van der Waals surface area (Å²) in [6.07, 6.45) is 2.79. The standard InChI is InChI=1S/C15H29N3O2/c1-10(11-6-5-7-17-9-11)8-12(19)18-13(14(16)20)15(2,3)4/h10-11,13,17H,5-9H2,1-4H3,(H2,16,20)(H,18,19). The molecule has 0 aromatic rings. The number of hydrogen-bond donors (Lipinski definition) is 3. The Labute approximate surface area is 122 Å². The first-order chi connectivity index (χ1) is 9.21. The first-order valence-corrected chi connectivity index (χ1v) is 7.51. The van der Waals surface area contributed by atoms with E-state index in [1.165, 1.54) is 12.8 Å². The van der Waals surface area contributed by atoms with E-state index in [2.05, 4.69) is 17.6 Å². The number of piperidine rings is 1. The average molecular weight is 283 g/mol. The quantitative estimate of drug-likeness (QED) is 0.704. The third kappa shape index (κ3) is 5.12. The van der Waals surface area contributed by atoms with Crippen molar-refractivity contribution >= 4 is 11.8 Å². The zero-order valence-corrected chi connectivity index (χ0v) is 13.2. The van der Waals surface area contributed by atoms with Gasteiger partial charge in [-0.15, -0.1) is 0 Å². The fourth-order valence-electron chi connectivity index (χ4n) is 2.76. The van der Waals surface area contributed by atoms with Crippen LogP contribution < -0.4 is 16.4 Å². The van der Waals surface area contributed by atoms with Crippen LogP contribution >= 0.6 is 0 Å². The summed E-state index contributed by atoms with van der Waals surface area (Å²) in [6.45, 7) is 9.86. The second-order valence-electron chi connectivity index (χ2n) is 7.06. The molecular weight excluding hydrogens is 254 g/mol. The molecule has 0 radical (unpaired) electrons. The van der Waals surface area contributed by atoms with Crippen molar-refractivity contribution in [1.29, 1.82) is 0 Å². The Balaban J connectivity index is 2.50. The average Bonchev–Trinajstić information content (AvgIpc) is 2.35. The fraction of sp³-hybridized carbons (Fsp3) is 0.867. The lowest BCUT2D eigenvalue weighted by atomic mass is 9.84. The van der Waals surface area contributed by atoms with Crippen molar-refractivity contribution in [1.82, 2.24) is 10.6 Å². The molecule has 1 heterocycles. The molecular formula is C15H29N3O2. The van der Waals surface area contributed by atoms with Gasteiger partial charge in [0, 0.05) is 6.42 Å². The second-order valence-corrected chi connectivity index (χ2v) is 7.06. The summed E-state index contributed by atoms with van der Waals surface area (Å²) in [5.41, 5.74) is 5.02. The van der Waals surface area contributed by atoms with Gasteiger partial charge in [-0.2, -0.15) is 0 Å². The maximum atomic E-state index is 12.1. The first kappa shape index (κ1) is 17.0. The summed E-state index contributed by atoms with van der Waals surface area (Å²) < 4.78 is 0. The van der Waals surface area contributed by atoms with E-state index in [0.29, 0.717) is 18.3 Å². The van der Waals surface area contributed by atoms with Crippen LogP contribution in [0.15, 0.2) is 0 Å². The predicted octanol–water partition coefficient (Wildman–Crippen LogP) is 1.03. The summed E-state index contributed by atoms with van der Waals surface area (Å²) in [7, 11) is 0. The van der Waals surface area contributed by atoms with Crippen molar-refractivity contribution in [3.63, 3.8) is 0 Å². The van der Waals surface area contributed by atoms with Crippen LogP contribution in [0.25, 0.3) is 0 Å². The summed E-state index contributed by atoms with van der Waals surface area (Å²) >= 11 is 0. The van der Waals surface area contributed by atoms with Gasteiger partial charge in [0.05, 0.1) is 0 Å². The summed E-state index contributed by atoms with van der Waals surface area (Å²) in [5, 5.41) is 6.16. The molecule has 1 aliphatic rings. The third-order valence-corrected chi connectivity index (χ3v) is 4.10. The molecule has 0 aromatic heterocycles. The van der Waals surface area contributed by atoms with Gasteiger partial charge in [0.15, 0.2) is 0 Å². The van der Waals surface area contributed by atoms with Crippen LogP contribution in [0.3, 0.4) is 0 Å². The van der Waals surface area contributed by atoms with Gasteiger partial charge in [-0.3, -0.25) is 9.59 Å². The monoisotopic (exact) mass is 283 g/mol. The van der Waals surface area contributed by atoms with Crippen LogP contribution in [0.1, 0.15) is 47.0 Å². The van der Waals surface area contributed by atoms with Crippen molar-refractivity contribution in [2.75, 3.05) is 13.1 Å². The molecule has 20 heavy (non-hydrogen) atoms. The van der Waals surface area contributed by atoms with Gasteiger partial charge in [-0.05, 0) is 43.2 Å². The highest BCUT2D eigenvalue weighted by Crippen LogP contribution is 2.23. The topological polar surface area (TPSA) is 84.2 Å². The lowest BCUT2D eigenvalue weighted by Gasteiger charge is -2.31. The molecule has 0 spiro atoms. The molecule has 1 aliphatic heterocycles. The van der Waals surface area contributed by atoms with Gasteiger partial charge in [-0.25, -0.2) is 0 Å². The molecule has 2 amide bonds.